The quantitative estimate of drug-likeness (QED) is 0.624. The summed E-state index contributed by atoms with van der Waals surface area (Å²) in [7, 11) is 0. The highest BCUT2D eigenvalue weighted by Gasteiger charge is 2.37. The maximum absolute atomic E-state index is 10.9. The summed E-state index contributed by atoms with van der Waals surface area (Å²) in [6.07, 6.45) is 11.8. The van der Waals surface area contributed by atoms with Crippen molar-refractivity contribution in [1.82, 2.24) is 0 Å². The van der Waals surface area contributed by atoms with Gasteiger partial charge in [0.1, 0.15) is 0 Å². The number of nitrogens with two attached hydrogens (primary N) is 1. The van der Waals surface area contributed by atoms with E-state index in [0.29, 0.717) is 18.4 Å². The summed E-state index contributed by atoms with van der Waals surface area (Å²) in [5.74, 6) is 1.88. The number of carbonyl (C=O) groups excluding carboxylic acids is 1. The Kier molecular flexibility index (Phi) is 6.02. The predicted octanol–water partition coefficient (Wildman–Crippen LogP) is 2.37. The standard InChI is InChI=1S/C16H27NO3.H2O.H2/c17-16(18)10-12-3-7-14(8-4-12)19-20-15-9-11-1-5-13(15)6-2-11;;/h11-15H,1-10H2,(H2,17,18);1H2;1H/t11?,12?,13?,14?,15-;;/m0../s1. The monoisotopic (exact) mass is 301 g/mol. The van der Waals surface area contributed by atoms with E-state index in [4.69, 9.17) is 15.5 Å². The van der Waals surface area contributed by atoms with E-state index in [1.807, 2.05) is 0 Å². The van der Waals surface area contributed by atoms with E-state index in [0.717, 1.165) is 37.5 Å². The maximum Gasteiger partial charge on any atom is 0.217 e. The van der Waals surface area contributed by atoms with Crippen molar-refractivity contribution in [3.05, 3.63) is 0 Å². The minimum Gasteiger partial charge on any atom is -0.412 e. The molecular formula is C16H31NO4. The average Bonchev–Trinajstić information content (AvgIpc) is 2.47. The molecule has 4 rings (SSSR count). The summed E-state index contributed by atoms with van der Waals surface area (Å²) in [5, 5.41) is 0. The number of hydrogen-bond acceptors (Lipinski definition) is 3. The van der Waals surface area contributed by atoms with Crippen LogP contribution >= 0.6 is 0 Å². The molecule has 4 aliphatic carbocycles. The van der Waals surface area contributed by atoms with Crippen LogP contribution in [0.1, 0.15) is 65.6 Å². The van der Waals surface area contributed by atoms with Crippen LogP contribution in [0.25, 0.3) is 0 Å². The zero-order valence-corrected chi connectivity index (χ0v) is 12.8. The average molecular weight is 301 g/mol. The van der Waals surface area contributed by atoms with Gasteiger partial charge in [-0.05, 0) is 75.5 Å². The number of carbonyl (C=O) groups is 1. The zero-order valence-electron chi connectivity index (χ0n) is 12.8. The van der Waals surface area contributed by atoms with Gasteiger partial charge in [-0.3, -0.25) is 4.79 Å². The van der Waals surface area contributed by atoms with Crippen molar-refractivity contribution < 1.29 is 21.5 Å². The number of primary amides is 1. The molecule has 124 valence electrons. The lowest BCUT2D eigenvalue weighted by Crippen LogP contribution is -2.38. The van der Waals surface area contributed by atoms with E-state index in [9.17, 15) is 4.79 Å². The van der Waals surface area contributed by atoms with Crippen LogP contribution in [0.4, 0.5) is 0 Å². The molecule has 0 aromatic rings. The molecule has 1 amide bonds. The number of amides is 1. The van der Waals surface area contributed by atoms with Gasteiger partial charge in [-0.2, -0.15) is 0 Å². The third-order valence-corrected chi connectivity index (χ3v) is 5.58. The molecule has 4 N–H and O–H groups in total. The first kappa shape index (κ1) is 16.7. The van der Waals surface area contributed by atoms with Gasteiger partial charge in [0.2, 0.25) is 5.91 Å². The van der Waals surface area contributed by atoms with Crippen LogP contribution in [0.2, 0.25) is 0 Å². The van der Waals surface area contributed by atoms with Gasteiger partial charge in [0.15, 0.2) is 0 Å². The third kappa shape index (κ3) is 4.41. The van der Waals surface area contributed by atoms with Crippen LogP contribution < -0.4 is 5.73 Å². The summed E-state index contributed by atoms with van der Waals surface area (Å²) in [6.45, 7) is 0. The molecule has 1 atom stereocenters. The molecule has 4 fully saturated rings. The first-order chi connectivity index (χ1) is 9.70. The normalized spacial score (nSPS) is 38.8. The lowest BCUT2D eigenvalue weighted by atomic mass is 9.69. The Balaban J connectivity index is 0.00000121. The Bertz CT molecular complexity index is 339. The number of rotatable bonds is 5. The fraction of sp³-hybridized carbons (Fsp3) is 0.938. The van der Waals surface area contributed by atoms with Gasteiger partial charge in [-0.25, -0.2) is 9.78 Å². The van der Waals surface area contributed by atoms with Crippen molar-refractivity contribution in [3.8, 4) is 0 Å². The van der Waals surface area contributed by atoms with Crippen molar-refractivity contribution in [2.24, 2.45) is 23.5 Å². The molecule has 0 saturated heterocycles. The highest BCUT2D eigenvalue weighted by atomic mass is 17.2. The maximum atomic E-state index is 10.9. The van der Waals surface area contributed by atoms with E-state index >= 15 is 0 Å². The molecule has 4 saturated carbocycles. The van der Waals surface area contributed by atoms with E-state index in [-0.39, 0.29) is 18.9 Å². The second-order valence-corrected chi connectivity index (χ2v) is 7.06. The van der Waals surface area contributed by atoms with Crippen LogP contribution in [0.3, 0.4) is 0 Å². The fourth-order valence-electron chi connectivity index (χ4n) is 4.30. The van der Waals surface area contributed by atoms with Gasteiger partial charge >= 0.3 is 0 Å². The van der Waals surface area contributed by atoms with Gasteiger partial charge in [-0.1, -0.05) is 0 Å². The van der Waals surface area contributed by atoms with Gasteiger partial charge in [-0.15, -0.1) is 0 Å². The SMILES string of the molecule is NC(=O)CC1CCC(OO[C@H]2CC3CCC2CC3)CC1.O.[HH]. The Morgan fingerprint density at radius 1 is 1.00 bits per heavy atom. The smallest absolute Gasteiger partial charge is 0.217 e. The lowest BCUT2D eigenvalue weighted by Gasteiger charge is -2.41. The van der Waals surface area contributed by atoms with Crippen molar-refractivity contribution in [1.29, 1.82) is 0 Å². The zero-order chi connectivity index (χ0) is 13.9. The second-order valence-electron chi connectivity index (χ2n) is 7.06. The number of hydrogen-bond donors (Lipinski definition) is 1. The largest absolute Gasteiger partial charge is 0.412 e. The first-order valence-corrected chi connectivity index (χ1v) is 8.31. The molecule has 5 nitrogen and oxygen atoms in total. The Morgan fingerprint density at radius 3 is 2.19 bits per heavy atom. The van der Waals surface area contributed by atoms with Gasteiger partial charge in [0.25, 0.3) is 0 Å². The Labute approximate surface area is 128 Å². The van der Waals surface area contributed by atoms with Crippen molar-refractivity contribution in [3.63, 3.8) is 0 Å². The minimum absolute atomic E-state index is 0. The van der Waals surface area contributed by atoms with Crippen LogP contribution in [0.15, 0.2) is 0 Å². The van der Waals surface area contributed by atoms with Crippen molar-refractivity contribution >= 4 is 5.91 Å². The molecule has 0 heterocycles. The molecule has 0 spiro atoms. The molecule has 0 aromatic carbocycles. The van der Waals surface area contributed by atoms with E-state index < -0.39 is 0 Å². The summed E-state index contributed by atoms with van der Waals surface area (Å²) >= 11 is 0. The van der Waals surface area contributed by atoms with Crippen LogP contribution in [0, 0.1) is 17.8 Å². The Hall–Kier alpha value is -0.650. The van der Waals surface area contributed by atoms with E-state index in [2.05, 4.69) is 0 Å². The first-order valence-electron chi connectivity index (χ1n) is 8.31. The van der Waals surface area contributed by atoms with Gasteiger partial charge < -0.3 is 11.2 Å². The molecule has 5 heteroatoms. The lowest BCUT2D eigenvalue weighted by molar-refractivity contribution is -0.371. The van der Waals surface area contributed by atoms with E-state index in [1.54, 1.807) is 0 Å². The molecule has 4 aliphatic rings. The van der Waals surface area contributed by atoms with E-state index in [1.165, 1.54) is 32.1 Å². The topological polar surface area (TPSA) is 93.1 Å². The highest BCUT2D eigenvalue weighted by Crippen LogP contribution is 2.43. The molecule has 0 aliphatic heterocycles. The van der Waals surface area contributed by atoms with Crippen LogP contribution in [-0.2, 0) is 14.6 Å². The highest BCUT2D eigenvalue weighted by molar-refractivity contribution is 5.73. The van der Waals surface area contributed by atoms with Gasteiger partial charge in [0, 0.05) is 7.85 Å². The molecule has 0 unspecified atom stereocenters. The van der Waals surface area contributed by atoms with Crippen LogP contribution in [-0.4, -0.2) is 23.6 Å². The minimum atomic E-state index is -0.177. The molecule has 0 aromatic heterocycles. The molecule has 21 heavy (non-hydrogen) atoms. The molecule has 0 radical (unpaired) electrons. The predicted molar refractivity (Wildman–Crippen MR) is 81.3 cm³/mol. The molecule has 2 bridgehead atoms. The fourth-order valence-corrected chi connectivity index (χ4v) is 4.30. The third-order valence-electron chi connectivity index (χ3n) is 5.58. The van der Waals surface area contributed by atoms with Crippen molar-refractivity contribution in [2.45, 2.75) is 76.4 Å². The van der Waals surface area contributed by atoms with Crippen molar-refractivity contribution in [2.75, 3.05) is 0 Å². The summed E-state index contributed by atoms with van der Waals surface area (Å²) in [4.78, 5) is 22.4. The number of fused-ring (bicyclic) bond motifs is 3. The Morgan fingerprint density at radius 2 is 1.67 bits per heavy atom. The summed E-state index contributed by atoms with van der Waals surface area (Å²) < 4.78 is 0. The van der Waals surface area contributed by atoms with Crippen LogP contribution in [0.5, 0.6) is 0 Å². The van der Waals surface area contributed by atoms with Gasteiger partial charge in [0.05, 0.1) is 12.2 Å². The molecular weight excluding hydrogens is 270 g/mol. The second kappa shape index (κ2) is 7.56. The summed E-state index contributed by atoms with van der Waals surface area (Å²) in [5.41, 5.74) is 5.25. The summed E-state index contributed by atoms with van der Waals surface area (Å²) in [6, 6.07) is 0.